The van der Waals surface area contributed by atoms with E-state index in [4.69, 9.17) is 21.5 Å². The van der Waals surface area contributed by atoms with Crippen molar-refractivity contribution >= 4 is 17.8 Å². The molecule has 4 atom stereocenters. The fraction of sp³-hybridized carbons (Fsp3) is 0.560. The van der Waals surface area contributed by atoms with E-state index in [0.717, 1.165) is 18.4 Å². The summed E-state index contributed by atoms with van der Waals surface area (Å²) in [5.41, 5.74) is 1.72. The molecule has 0 bridgehead atoms. The lowest BCUT2D eigenvalue weighted by Gasteiger charge is -2.50. The Kier molecular flexibility index (Phi) is 7.88. The Morgan fingerprint density at radius 2 is 1.97 bits per heavy atom. The number of aromatic hydroxyl groups is 1. The highest BCUT2D eigenvalue weighted by molar-refractivity contribution is 6.33. The van der Waals surface area contributed by atoms with Gasteiger partial charge < -0.3 is 20.2 Å². The highest BCUT2D eigenvalue weighted by atomic mass is 35.5. The number of rotatable bonds is 6. The van der Waals surface area contributed by atoms with Crippen LogP contribution in [0.5, 0.6) is 11.5 Å². The van der Waals surface area contributed by atoms with Gasteiger partial charge in [-0.1, -0.05) is 61.3 Å². The van der Waals surface area contributed by atoms with E-state index >= 15 is 0 Å². The molecule has 1 saturated carbocycles. The molecular formula is C25H36ClNO4. The van der Waals surface area contributed by atoms with Crippen molar-refractivity contribution in [3.8, 4) is 11.5 Å². The Labute approximate surface area is 191 Å². The third kappa shape index (κ3) is 4.93. The van der Waals surface area contributed by atoms with Crippen molar-refractivity contribution in [3.63, 3.8) is 0 Å². The predicted octanol–water partition coefficient (Wildman–Crippen LogP) is 6.04. The molecule has 0 saturated heterocycles. The van der Waals surface area contributed by atoms with Crippen LogP contribution in [0.1, 0.15) is 64.2 Å². The number of hydrogen-bond donors (Lipinski definition) is 3. The van der Waals surface area contributed by atoms with E-state index in [1.165, 1.54) is 13.3 Å². The third-order valence-corrected chi connectivity index (χ3v) is 7.94. The molecule has 3 N–H and O–H groups in total. The topological polar surface area (TPSA) is 82.3 Å². The molecule has 0 aromatic heterocycles. The van der Waals surface area contributed by atoms with Gasteiger partial charge in [-0.15, -0.1) is 0 Å². The van der Waals surface area contributed by atoms with Gasteiger partial charge in [0.15, 0.2) is 0 Å². The number of allylic oxidation sites excluding steroid dienone is 4. The number of nitrogens with zero attached hydrogens (tertiary/aromatic N) is 1. The van der Waals surface area contributed by atoms with E-state index in [2.05, 4.69) is 38.1 Å². The quantitative estimate of drug-likeness (QED) is 0.214. The summed E-state index contributed by atoms with van der Waals surface area (Å²) in [5, 5.41) is 33.9. The zero-order chi connectivity index (χ0) is 23.6. The fourth-order valence-corrected chi connectivity index (χ4v) is 4.86. The van der Waals surface area contributed by atoms with Gasteiger partial charge in [-0.25, -0.2) is 0 Å². The third-order valence-electron chi connectivity index (χ3n) is 7.48. The second-order valence-corrected chi connectivity index (χ2v) is 9.71. The normalized spacial score (nSPS) is 29.8. The molecule has 0 heterocycles. The number of benzene rings is 1. The largest absolute Gasteiger partial charge is 0.507 e. The van der Waals surface area contributed by atoms with Crippen LogP contribution >= 0.6 is 11.6 Å². The molecule has 2 rings (SSSR count). The molecule has 0 unspecified atom stereocenters. The first-order chi connectivity index (χ1) is 14.4. The maximum absolute atomic E-state index is 10.8. The molecule has 1 aliphatic carbocycles. The SMILES string of the molecule is COc1c(Cl)c(C)c(/C=N/O)c(O)c1C/C=C(C)/C=C/[C@]1(C)[C@H](C)CC[C@](C)(O)[C@@H]1C. The van der Waals surface area contributed by atoms with E-state index in [0.29, 0.717) is 39.8 Å². The number of aliphatic hydroxyl groups is 1. The van der Waals surface area contributed by atoms with E-state index < -0.39 is 5.60 Å². The van der Waals surface area contributed by atoms with Crippen molar-refractivity contribution < 1.29 is 20.2 Å². The second kappa shape index (κ2) is 9.66. The predicted molar refractivity (Wildman–Crippen MR) is 127 cm³/mol. The lowest BCUT2D eigenvalue weighted by atomic mass is 9.57. The average Bonchev–Trinajstić information content (AvgIpc) is 2.73. The van der Waals surface area contributed by atoms with Gasteiger partial charge in [0, 0.05) is 11.1 Å². The summed E-state index contributed by atoms with van der Waals surface area (Å²) in [4.78, 5) is 0. The smallest absolute Gasteiger partial charge is 0.144 e. The maximum Gasteiger partial charge on any atom is 0.144 e. The summed E-state index contributed by atoms with van der Waals surface area (Å²) in [6.45, 7) is 12.3. The number of phenols is 1. The van der Waals surface area contributed by atoms with E-state index in [-0.39, 0.29) is 17.1 Å². The lowest BCUT2D eigenvalue weighted by molar-refractivity contribution is -0.0915. The van der Waals surface area contributed by atoms with Crippen molar-refractivity contribution in [2.45, 2.75) is 66.4 Å². The van der Waals surface area contributed by atoms with E-state index in [1.807, 2.05) is 19.9 Å². The maximum atomic E-state index is 10.8. The van der Waals surface area contributed by atoms with Gasteiger partial charge in [0.25, 0.3) is 0 Å². The molecule has 1 aromatic rings. The van der Waals surface area contributed by atoms with Crippen LogP contribution in [-0.2, 0) is 6.42 Å². The Morgan fingerprint density at radius 1 is 1.32 bits per heavy atom. The van der Waals surface area contributed by atoms with Crippen LogP contribution in [0.2, 0.25) is 5.02 Å². The van der Waals surface area contributed by atoms with Crippen LogP contribution in [0.15, 0.2) is 29.0 Å². The monoisotopic (exact) mass is 449 g/mol. The molecule has 1 aromatic carbocycles. The van der Waals surface area contributed by atoms with Crippen LogP contribution in [0, 0.1) is 24.2 Å². The highest BCUT2D eigenvalue weighted by Gasteiger charge is 2.47. The zero-order valence-electron chi connectivity index (χ0n) is 19.7. The van der Waals surface area contributed by atoms with Gasteiger partial charge in [-0.2, -0.15) is 0 Å². The van der Waals surface area contributed by atoms with Gasteiger partial charge in [0.05, 0.1) is 23.9 Å². The van der Waals surface area contributed by atoms with Gasteiger partial charge in [0.2, 0.25) is 0 Å². The van der Waals surface area contributed by atoms with Gasteiger partial charge in [-0.05, 0) is 62.8 Å². The number of methoxy groups -OCH3 is 1. The molecule has 31 heavy (non-hydrogen) atoms. The van der Waals surface area contributed by atoms with Crippen LogP contribution in [0.3, 0.4) is 0 Å². The van der Waals surface area contributed by atoms with Gasteiger partial charge in [0.1, 0.15) is 11.5 Å². The molecule has 0 radical (unpaired) electrons. The van der Waals surface area contributed by atoms with Crippen molar-refractivity contribution in [2.75, 3.05) is 7.11 Å². The highest BCUT2D eigenvalue weighted by Crippen LogP contribution is 2.50. The molecular weight excluding hydrogens is 414 g/mol. The van der Waals surface area contributed by atoms with E-state index in [9.17, 15) is 10.2 Å². The number of ether oxygens (including phenoxy) is 1. The number of oxime groups is 1. The Hall–Kier alpha value is -1.98. The molecule has 5 nitrogen and oxygen atoms in total. The first-order valence-electron chi connectivity index (χ1n) is 10.7. The summed E-state index contributed by atoms with van der Waals surface area (Å²) >= 11 is 6.43. The number of halogens is 1. The average molecular weight is 450 g/mol. The van der Waals surface area contributed by atoms with Crippen molar-refractivity contribution in [1.82, 2.24) is 0 Å². The molecule has 172 valence electrons. The molecule has 0 spiro atoms. The number of hydrogen-bond acceptors (Lipinski definition) is 5. The minimum atomic E-state index is -0.675. The first kappa shape index (κ1) is 25.3. The van der Waals surface area contributed by atoms with Crippen LogP contribution in [-0.4, -0.2) is 34.3 Å². The second-order valence-electron chi connectivity index (χ2n) is 9.33. The Bertz CT molecular complexity index is 904. The molecule has 0 aliphatic heterocycles. The molecule has 0 amide bonds. The Morgan fingerprint density at radius 3 is 2.55 bits per heavy atom. The van der Waals surface area contributed by atoms with Crippen molar-refractivity contribution in [2.24, 2.45) is 22.4 Å². The summed E-state index contributed by atoms with van der Waals surface area (Å²) in [6, 6.07) is 0. The summed E-state index contributed by atoms with van der Waals surface area (Å²) in [5.74, 6) is 1.000. The first-order valence-corrected chi connectivity index (χ1v) is 11.1. The van der Waals surface area contributed by atoms with Gasteiger partial charge in [-0.3, -0.25) is 0 Å². The van der Waals surface area contributed by atoms with E-state index in [1.54, 1.807) is 6.92 Å². The summed E-state index contributed by atoms with van der Waals surface area (Å²) in [6.07, 6.45) is 9.68. The number of phenolic OH excluding ortho intramolecular Hbond substituents is 1. The molecule has 6 heteroatoms. The standard InChI is InChI=1S/C25H36ClNO4/c1-15(10-12-24(5)16(2)11-13-25(6,29)18(24)4)8-9-19-22(28)20(14-27-30)17(3)21(26)23(19)31-7/h8,10,12,14,16,18,28-30H,9,11,13H2,1-7H3/b12-10+,15-8+,27-14+/t16-,18-,24-,25+/m1/s1. The van der Waals surface area contributed by atoms with Crippen molar-refractivity contribution in [1.29, 1.82) is 0 Å². The zero-order valence-corrected chi connectivity index (χ0v) is 20.4. The lowest BCUT2D eigenvalue weighted by Crippen LogP contribution is -2.49. The van der Waals surface area contributed by atoms with Crippen LogP contribution in [0.25, 0.3) is 0 Å². The van der Waals surface area contributed by atoms with Gasteiger partial charge >= 0.3 is 0 Å². The minimum Gasteiger partial charge on any atom is -0.507 e. The van der Waals surface area contributed by atoms with Crippen LogP contribution in [0.4, 0.5) is 0 Å². The summed E-state index contributed by atoms with van der Waals surface area (Å²) < 4.78 is 5.45. The van der Waals surface area contributed by atoms with Crippen molar-refractivity contribution in [3.05, 3.63) is 45.5 Å². The minimum absolute atomic E-state index is 0.0119. The Balaban J connectivity index is 2.36. The summed E-state index contributed by atoms with van der Waals surface area (Å²) in [7, 11) is 1.51. The molecule has 1 aliphatic rings. The fourth-order valence-electron chi connectivity index (χ4n) is 4.57. The van der Waals surface area contributed by atoms with Crippen LogP contribution < -0.4 is 4.74 Å². The molecule has 1 fully saturated rings.